The van der Waals surface area contributed by atoms with Gasteiger partial charge in [0.25, 0.3) is 0 Å². The average molecular weight is 619 g/mol. The summed E-state index contributed by atoms with van der Waals surface area (Å²) in [6, 6.07) is -4.20. The number of alkyl halides is 3. The molecule has 0 fully saturated rings. The molecule has 0 heterocycles. The van der Waals surface area contributed by atoms with E-state index >= 15 is 0 Å². The highest BCUT2D eigenvalue weighted by Crippen LogP contribution is 2.13. The van der Waals surface area contributed by atoms with Crippen molar-refractivity contribution >= 4 is 47.5 Å². The number of carbonyl (C=O) groups excluding carboxylic acids is 4. The van der Waals surface area contributed by atoms with Gasteiger partial charge in [-0.2, -0.15) is 13.2 Å². The van der Waals surface area contributed by atoms with Gasteiger partial charge in [0.1, 0.15) is 18.1 Å². The number of rotatable bonds is 17. The first-order chi connectivity index (χ1) is 19.3. The van der Waals surface area contributed by atoms with Crippen LogP contribution in [0.3, 0.4) is 0 Å². The van der Waals surface area contributed by atoms with E-state index in [0.717, 1.165) is 0 Å². The van der Waals surface area contributed by atoms with Crippen molar-refractivity contribution in [2.24, 2.45) is 22.2 Å². The van der Waals surface area contributed by atoms with E-state index in [0.29, 0.717) is 6.42 Å². The predicted octanol–water partition coefficient (Wildman–Crippen LogP) is -4.86. The number of nitrogens with zero attached hydrogens (tertiary/aromatic N) is 1. The number of hydrogen-bond donors (Lipinski definition) is 11. The molecule has 3 unspecified atom stereocenters. The van der Waals surface area contributed by atoms with Crippen LogP contribution >= 0.6 is 0 Å². The van der Waals surface area contributed by atoms with Crippen molar-refractivity contribution in [2.45, 2.75) is 50.0 Å². The van der Waals surface area contributed by atoms with Gasteiger partial charge in [0, 0.05) is 13.0 Å². The summed E-state index contributed by atoms with van der Waals surface area (Å²) in [7, 11) is 0. The van der Waals surface area contributed by atoms with Crippen LogP contribution in [0.1, 0.15) is 25.7 Å². The summed E-state index contributed by atoms with van der Waals surface area (Å²) in [4.78, 5) is 83.1. The van der Waals surface area contributed by atoms with E-state index in [1.54, 1.807) is 0 Å². The number of halogens is 3. The van der Waals surface area contributed by atoms with Crippen LogP contribution in [0.15, 0.2) is 4.99 Å². The molecule has 0 aromatic heterocycles. The molecule has 22 heteroatoms. The van der Waals surface area contributed by atoms with E-state index in [9.17, 15) is 41.9 Å². The van der Waals surface area contributed by atoms with E-state index in [2.05, 4.69) is 20.9 Å². The number of nitrogens with two attached hydrogens (primary N) is 3. The third-order valence-electron chi connectivity index (χ3n) is 4.54. The Morgan fingerprint density at radius 3 is 1.76 bits per heavy atom. The topological polar surface area (TPSA) is 339 Å². The Morgan fingerprint density at radius 2 is 1.33 bits per heavy atom. The number of carboxylic acid groups (broad SMARTS) is 3. The highest BCUT2D eigenvalue weighted by molar-refractivity contribution is 5.93. The molecule has 4 amide bonds. The molecule has 0 aromatic carbocycles. The number of aliphatic imine (C=N–C) groups is 1. The van der Waals surface area contributed by atoms with Crippen molar-refractivity contribution < 1.29 is 67.2 Å². The Morgan fingerprint density at radius 1 is 0.810 bits per heavy atom. The Bertz CT molecular complexity index is 991. The minimum atomic E-state index is -5.08. The zero-order chi connectivity index (χ0) is 33.0. The molecule has 3 atom stereocenters. The van der Waals surface area contributed by atoms with Gasteiger partial charge in [-0.1, -0.05) is 0 Å². The van der Waals surface area contributed by atoms with Crippen LogP contribution in [0, 0.1) is 0 Å². The SMILES string of the molecule is NCC(=O)NC(CCCN=C(N)N)C(=O)NCC(=O)NC(CCC(=O)O)C(=O)NC(CO)C(=O)O.O=C(O)C(F)(F)F. The fraction of sp³-hybridized carbons (Fsp3) is 0.600. The number of hydrogen-bond acceptors (Lipinski definition) is 10. The summed E-state index contributed by atoms with van der Waals surface area (Å²) in [6.07, 6.45) is -5.60. The average Bonchev–Trinajstić information content (AvgIpc) is 2.88. The van der Waals surface area contributed by atoms with Crippen LogP contribution in [0.2, 0.25) is 0 Å². The lowest BCUT2D eigenvalue weighted by Crippen LogP contribution is -2.55. The molecule has 0 rings (SSSR count). The van der Waals surface area contributed by atoms with Crippen molar-refractivity contribution in [3.05, 3.63) is 0 Å². The maximum atomic E-state index is 12.4. The van der Waals surface area contributed by atoms with E-state index < -0.39 is 91.8 Å². The Balaban J connectivity index is 0. The molecule has 0 bridgehead atoms. The van der Waals surface area contributed by atoms with Gasteiger partial charge in [-0.25, -0.2) is 9.59 Å². The number of aliphatic carboxylic acids is 3. The molecule has 19 nitrogen and oxygen atoms in total. The number of carbonyl (C=O) groups is 7. The summed E-state index contributed by atoms with van der Waals surface area (Å²) < 4.78 is 31.7. The van der Waals surface area contributed by atoms with E-state index in [1.807, 2.05) is 5.32 Å². The molecule has 42 heavy (non-hydrogen) atoms. The second-order valence-corrected chi connectivity index (χ2v) is 7.93. The van der Waals surface area contributed by atoms with Crippen LogP contribution < -0.4 is 38.5 Å². The molecule has 0 aliphatic heterocycles. The molecule has 0 radical (unpaired) electrons. The maximum Gasteiger partial charge on any atom is 0.490 e. The van der Waals surface area contributed by atoms with Crippen molar-refractivity contribution in [3.8, 4) is 0 Å². The number of aliphatic hydroxyl groups excluding tert-OH is 1. The Kier molecular flexibility index (Phi) is 18.9. The Hall–Kier alpha value is -4.73. The molecule has 0 aromatic rings. The Labute approximate surface area is 235 Å². The summed E-state index contributed by atoms with van der Waals surface area (Å²) in [5.41, 5.74) is 15.7. The van der Waals surface area contributed by atoms with Gasteiger partial charge in [0.15, 0.2) is 5.96 Å². The van der Waals surface area contributed by atoms with Crippen LogP contribution in [0.5, 0.6) is 0 Å². The normalized spacial score (nSPS) is 12.6. The molecular weight excluding hydrogens is 585 g/mol. The zero-order valence-electron chi connectivity index (χ0n) is 21.8. The van der Waals surface area contributed by atoms with E-state index in [1.165, 1.54) is 0 Å². The summed E-state index contributed by atoms with van der Waals surface area (Å²) in [6.45, 7) is -1.79. The largest absolute Gasteiger partial charge is 0.490 e. The minimum Gasteiger partial charge on any atom is -0.481 e. The molecule has 0 spiro atoms. The number of amides is 4. The first kappa shape index (κ1) is 39.4. The summed E-state index contributed by atoms with van der Waals surface area (Å²) in [5.74, 6) is -9.04. The number of guanidine groups is 1. The summed E-state index contributed by atoms with van der Waals surface area (Å²) in [5, 5.41) is 42.7. The van der Waals surface area contributed by atoms with Crippen molar-refractivity contribution in [1.82, 2.24) is 21.3 Å². The van der Waals surface area contributed by atoms with Crippen LogP contribution in [-0.2, 0) is 33.6 Å². The van der Waals surface area contributed by atoms with Crippen molar-refractivity contribution in [2.75, 3.05) is 26.2 Å². The van der Waals surface area contributed by atoms with Gasteiger partial charge >= 0.3 is 24.1 Å². The lowest BCUT2D eigenvalue weighted by Gasteiger charge is -2.21. The van der Waals surface area contributed by atoms with Crippen LogP contribution in [0.25, 0.3) is 0 Å². The van der Waals surface area contributed by atoms with E-state index in [-0.39, 0.29) is 25.5 Å². The highest BCUT2D eigenvalue weighted by Gasteiger charge is 2.38. The molecule has 0 saturated heterocycles. The number of carboxylic acids is 3. The van der Waals surface area contributed by atoms with Gasteiger partial charge in [-0.05, 0) is 19.3 Å². The van der Waals surface area contributed by atoms with Gasteiger partial charge in [-0.15, -0.1) is 0 Å². The maximum absolute atomic E-state index is 12.4. The van der Waals surface area contributed by atoms with Crippen molar-refractivity contribution in [3.63, 3.8) is 0 Å². The number of nitrogens with one attached hydrogen (secondary N) is 4. The van der Waals surface area contributed by atoms with Crippen LogP contribution in [-0.4, -0.2) is 118 Å². The highest BCUT2D eigenvalue weighted by atomic mass is 19.4. The molecule has 0 aliphatic carbocycles. The van der Waals surface area contributed by atoms with Crippen molar-refractivity contribution in [1.29, 1.82) is 0 Å². The third kappa shape index (κ3) is 19.3. The molecule has 14 N–H and O–H groups in total. The van der Waals surface area contributed by atoms with Gasteiger partial charge in [0.05, 0.1) is 19.7 Å². The second-order valence-electron chi connectivity index (χ2n) is 7.93. The first-order valence-corrected chi connectivity index (χ1v) is 11.6. The van der Waals surface area contributed by atoms with Gasteiger partial charge < -0.3 is 58.9 Å². The molecule has 240 valence electrons. The lowest BCUT2D eigenvalue weighted by molar-refractivity contribution is -0.192. The monoisotopic (exact) mass is 618 g/mol. The minimum absolute atomic E-state index is 0.108. The van der Waals surface area contributed by atoms with Gasteiger partial charge in [0.2, 0.25) is 23.6 Å². The molecule has 0 aliphatic rings. The third-order valence-corrected chi connectivity index (χ3v) is 4.54. The first-order valence-electron chi connectivity index (χ1n) is 11.6. The predicted molar refractivity (Wildman–Crippen MR) is 133 cm³/mol. The lowest BCUT2D eigenvalue weighted by atomic mass is 10.1. The van der Waals surface area contributed by atoms with Crippen LogP contribution in [0.4, 0.5) is 13.2 Å². The molecule has 0 saturated carbocycles. The zero-order valence-corrected chi connectivity index (χ0v) is 21.8. The standard InChI is InChI=1S/C18H32N8O9.C2HF3O2/c19-6-12(28)24-9(2-1-5-22-18(20)21)15(32)23-7-13(29)25-10(3-4-14(30)31)16(33)26-11(8-27)17(34)35;3-2(4,5)1(6)7/h9-11,27H,1-8,19H2,(H,23,32)(H,24,28)(H,25,29)(H,26,33)(H,30,31)(H,34,35)(H4,20,21,22);(H,6,7). The second kappa shape index (κ2) is 20.2. The van der Waals surface area contributed by atoms with E-state index in [4.69, 9.17) is 42.4 Å². The fourth-order valence-electron chi connectivity index (χ4n) is 2.56. The van der Waals surface area contributed by atoms with Gasteiger partial charge in [-0.3, -0.25) is 29.0 Å². The quantitative estimate of drug-likeness (QED) is 0.0414. The number of aliphatic hydroxyl groups is 1. The smallest absolute Gasteiger partial charge is 0.481 e. The summed E-state index contributed by atoms with van der Waals surface area (Å²) >= 11 is 0. The molecular formula is C20H33F3N8O11. The fourth-order valence-corrected chi connectivity index (χ4v) is 2.56.